The van der Waals surface area contributed by atoms with E-state index in [1.807, 2.05) is 32.2 Å². The maximum atomic E-state index is 12.3. The monoisotopic (exact) mass is 288 g/mol. The van der Waals surface area contributed by atoms with Crippen molar-refractivity contribution in [1.82, 2.24) is 5.32 Å². The first-order chi connectivity index (χ1) is 9.65. The predicted octanol–water partition coefficient (Wildman–Crippen LogP) is 3.59. The summed E-state index contributed by atoms with van der Waals surface area (Å²) in [4.78, 5) is 13.5. The van der Waals surface area contributed by atoms with E-state index in [1.54, 1.807) is 11.3 Å². The molecule has 0 aliphatic heterocycles. The molecule has 20 heavy (non-hydrogen) atoms. The van der Waals surface area contributed by atoms with Gasteiger partial charge in [0.1, 0.15) is 0 Å². The number of nitrogens with one attached hydrogen (secondary N) is 2. The van der Waals surface area contributed by atoms with E-state index in [0.29, 0.717) is 12.1 Å². The molecule has 3 nitrogen and oxygen atoms in total. The Morgan fingerprint density at radius 2 is 2.10 bits per heavy atom. The van der Waals surface area contributed by atoms with Crippen LogP contribution in [-0.2, 0) is 13.0 Å². The smallest absolute Gasteiger partial charge is 0.253 e. The average Bonchev–Trinajstić information content (AvgIpc) is 2.92. The lowest BCUT2D eigenvalue weighted by Gasteiger charge is -2.11. The van der Waals surface area contributed by atoms with E-state index in [4.69, 9.17) is 0 Å². The van der Waals surface area contributed by atoms with Gasteiger partial charge in [-0.2, -0.15) is 0 Å². The highest BCUT2D eigenvalue weighted by molar-refractivity contribution is 7.10. The molecule has 1 aromatic carbocycles. The van der Waals surface area contributed by atoms with Crippen molar-refractivity contribution in [2.75, 3.05) is 12.4 Å². The van der Waals surface area contributed by atoms with E-state index in [2.05, 4.69) is 29.0 Å². The topological polar surface area (TPSA) is 41.1 Å². The predicted molar refractivity (Wildman–Crippen MR) is 85.6 cm³/mol. The molecule has 1 amide bonds. The molecular weight excluding hydrogens is 268 g/mol. The first-order valence-electron chi connectivity index (χ1n) is 6.77. The van der Waals surface area contributed by atoms with Gasteiger partial charge in [0.15, 0.2) is 0 Å². The van der Waals surface area contributed by atoms with Gasteiger partial charge in [0.05, 0.1) is 12.1 Å². The molecule has 2 aromatic rings. The number of anilines is 1. The third-order valence-corrected chi connectivity index (χ3v) is 4.28. The molecule has 0 aliphatic carbocycles. The molecule has 0 saturated carbocycles. The number of aryl methyl sites for hydroxylation is 2. The van der Waals surface area contributed by atoms with Gasteiger partial charge in [0, 0.05) is 17.6 Å². The summed E-state index contributed by atoms with van der Waals surface area (Å²) in [7, 11) is 1.83. The molecule has 1 heterocycles. The maximum Gasteiger partial charge on any atom is 0.253 e. The van der Waals surface area contributed by atoms with Crippen LogP contribution in [0.2, 0.25) is 0 Å². The van der Waals surface area contributed by atoms with Crippen molar-refractivity contribution in [1.29, 1.82) is 0 Å². The van der Waals surface area contributed by atoms with E-state index in [-0.39, 0.29) is 5.91 Å². The van der Waals surface area contributed by atoms with Crippen LogP contribution in [0.5, 0.6) is 0 Å². The minimum Gasteiger partial charge on any atom is -0.387 e. The van der Waals surface area contributed by atoms with Crippen molar-refractivity contribution in [2.24, 2.45) is 0 Å². The summed E-state index contributed by atoms with van der Waals surface area (Å²) in [5.41, 5.74) is 4.00. The van der Waals surface area contributed by atoms with E-state index in [0.717, 1.165) is 17.7 Å². The molecule has 0 radical (unpaired) electrons. The maximum absolute atomic E-state index is 12.3. The highest BCUT2D eigenvalue weighted by Crippen LogP contribution is 2.19. The summed E-state index contributed by atoms with van der Waals surface area (Å²) in [6, 6.07) is 7.93. The quantitative estimate of drug-likeness (QED) is 0.882. The van der Waals surface area contributed by atoms with Crippen LogP contribution in [0, 0.1) is 6.92 Å². The minimum absolute atomic E-state index is 0.0372. The SMILES string of the molecule is CCc1ccsc1CNC(=O)c1ccc(C)cc1NC. The Kier molecular flexibility index (Phi) is 4.79. The molecule has 0 spiro atoms. The van der Waals surface area contributed by atoms with Gasteiger partial charge in [-0.15, -0.1) is 11.3 Å². The Hall–Kier alpha value is -1.81. The third kappa shape index (κ3) is 3.20. The highest BCUT2D eigenvalue weighted by Gasteiger charge is 2.11. The second kappa shape index (κ2) is 6.57. The molecule has 1 aromatic heterocycles. The molecule has 0 unspecified atom stereocenters. The number of amides is 1. The van der Waals surface area contributed by atoms with Gasteiger partial charge in [-0.05, 0) is 48.1 Å². The van der Waals surface area contributed by atoms with Crippen LogP contribution < -0.4 is 10.6 Å². The standard InChI is InChI=1S/C16H20N2OS/c1-4-12-7-8-20-15(12)10-18-16(19)13-6-5-11(2)9-14(13)17-3/h5-9,17H,4,10H2,1-3H3,(H,18,19). The number of carbonyl (C=O) groups excluding carboxylic acids is 1. The fourth-order valence-electron chi connectivity index (χ4n) is 2.16. The minimum atomic E-state index is -0.0372. The Balaban J connectivity index is 2.09. The Labute approximate surface area is 124 Å². The fourth-order valence-corrected chi connectivity index (χ4v) is 3.07. The largest absolute Gasteiger partial charge is 0.387 e. The van der Waals surface area contributed by atoms with E-state index < -0.39 is 0 Å². The van der Waals surface area contributed by atoms with Crippen LogP contribution in [-0.4, -0.2) is 13.0 Å². The van der Waals surface area contributed by atoms with E-state index in [1.165, 1.54) is 10.4 Å². The summed E-state index contributed by atoms with van der Waals surface area (Å²) >= 11 is 1.69. The number of rotatable bonds is 5. The van der Waals surface area contributed by atoms with Gasteiger partial charge in [0.2, 0.25) is 0 Å². The van der Waals surface area contributed by atoms with Crippen molar-refractivity contribution in [3.63, 3.8) is 0 Å². The molecule has 0 fully saturated rings. The van der Waals surface area contributed by atoms with Crippen LogP contribution in [0.4, 0.5) is 5.69 Å². The van der Waals surface area contributed by atoms with Gasteiger partial charge in [0.25, 0.3) is 5.91 Å². The number of hydrogen-bond donors (Lipinski definition) is 2. The molecule has 0 bridgehead atoms. The Morgan fingerprint density at radius 1 is 1.30 bits per heavy atom. The zero-order valence-electron chi connectivity index (χ0n) is 12.1. The Bertz CT molecular complexity index is 604. The van der Waals surface area contributed by atoms with Crippen LogP contribution in [0.3, 0.4) is 0 Å². The molecule has 2 rings (SSSR count). The van der Waals surface area contributed by atoms with E-state index >= 15 is 0 Å². The van der Waals surface area contributed by atoms with Crippen LogP contribution in [0.25, 0.3) is 0 Å². The van der Waals surface area contributed by atoms with Crippen molar-refractivity contribution in [3.8, 4) is 0 Å². The van der Waals surface area contributed by atoms with Crippen molar-refractivity contribution in [3.05, 3.63) is 51.2 Å². The van der Waals surface area contributed by atoms with Gasteiger partial charge in [-0.25, -0.2) is 0 Å². The molecule has 0 saturated heterocycles. The lowest BCUT2D eigenvalue weighted by Crippen LogP contribution is -2.23. The van der Waals surface area contributed by atoms with Gasteiger partial charge in [-0.3, -0.25) is 4.79 Å². The lowest BCUT2D eigenvalue weighted by atomic mass is 10.1. The number of hydrogen-bond acceptors (Lipinski definition) is 3. The van der Waals surface area contributed by atoms with E-state index in [9.17, 15) is 4.79 Å². The number of thiophene rings is 1. The third-order valence-electron chi connectivity index (χ3n) is 3.32. The normalized spacial score (nSPS) is 10.3. The molecule has 106 valence electrons. The van der Waals surface area contributed by atoms with Crippen LogP contribution >= 0.6 is 11.3 Å². The second-order valence-corrected chi connectivity index (χ2v) is 5.70. The first-order valence-corrected chi connectivity index (χ1v) is 7.65. The first kappa shape index (κ1) is 14.6. The van der Waals surface area contributed by atoms with Gasteiger partial charge in [-0.1, -0.05) is 13.0 Å². The summed E-state index contributed by atoms with van der Waals surface area (Å²) in [6.45, 7) is 4.74. The van der Waals surface area contributed by atoms with Crippen molar-refractivity contribution < 1.29 is 4.79 Å². The zero-order chi connectivity index (χ0) is 14.5. The molecule has 2 N–H and O–H groups in total. The van der Waals surface area contributed by atoms with Crippen molar-refractivity contribution in [2.45, 2.75) is 26.8 Å². The van der Waals surface area contributed by atoms with Gasteiger partial charge < -0.3 is 10.6 Å². The van der Waals surface area contributed by atoms with Crippen LogP contribution in [0.1, 0.15) is 33.3 Å². The summed E-state index contributed by atoms with van der Waals surface area (Å²) in [5, 5.41) is 8.15. The fraction of sp³-hybridized carbons (Fsp3) is 0.312. The number of carbonyl (C=O) groups is 1. The molecule has 0 atom stereocenters. The second-order valence-electron chi connectivity index (χ2n) is 4.70. The molecule has 4 heteroatoms. The van der Waals surface area contributed by atoms with Crippen LogP contribution in [0.15, 0.2) is 29.6 Å². The number of benzene rings is 1. The summed E-state index contributed by atoms with van der Waals surface area (Å²) in [5.74, 6) is -0.0372. The highest BCUT2D eigenvalue weighted by atomic mass is 32.1. The summed E-state index contributed by atoms with van der Waals surface area (Å²) < 4.78 is 0. The van der Waals surface area contributed by atoms with Crippen molar-refractivity contribution >= 4 is 22.9 Å². The zero-order valence-corrected chi connectivity index (χ0v) is 12.9. The molecular formula is C16H20N2OS. The van der Waals surface area contributed by atoms with Gasteiger partial charge >= 0.3 is 0 Å². The average molecular weight is 288 g/mol. The lowest BCUT2D eigenvalue weighted by molar-refractivity contribution is 0.0952. The Morgan fingerprint density at radius 3 is 2.80 bits per heavy atom. The molecule has 0 aliphatic rings. The summed E-state index contributed by atoms with van der Waals surface area (Å²) in [6.07, 6.45) is 1.00.